The highest BCUT2D eigenvalue weighted by Crippen LogP contribution is 2.26. The third-order valence-corrected chi connectivity index (χ3v) is 6.98. The van der Waals surface area contributed by atoms with Gasteiger partial charge in [0, 0.05) is 18.2 Å². The van der Waals surface area contributed by atoms with Crippen LogP contribution >= 0.6 is 0 Å². The van der Waals surface area contributed by atoms with E-state index in [-0.39, 0.29) is 5.91 Å². The lowest BCUT2D eigenvalue weighted by Crippen LogP contribution is -2.40. The smallest absolute Gasteiger partial charge is 0.251 e. The molecule has 0 bridgehead atoms. The number of hydrogen-bond donors (Lipinski definition) is 1. The summed E-state index contributed by atoms with van der Waals surface area (Å²) in [5.41, 5.74) is 6.49. The highest BCUT2D eigenvalue weighted by atomic mass is 16.1. The Labute approximate surface area is 209 Å². The van der Waals surface area contributed by atoms with Crippen LogP contribution in [0.1, 0.15) is 59.7 Å². The molecule has 4 nitrogen and oxygen atoms in total. The molecule has 1 aliphatic rings. The molecule has 4 rings (SSSR count). The second kappa shape index (κ2) is 12.3. The van der Waals surface area contributed by atoms with Crippen LogP contribution in [-0.2, 0) is 12.8 Å². The molecule has 4 heteroatoms. The van der Waals surface area contributed by atoms with Gasteiger partial charge in [0.1, 0.15) is 0 Å². The molecule has 0 unspecified atom stereocenters. The maximum atomic E-state index is 12.6. The SMILES string of the molecule is CCCN(CCCCNC(=O)c1ccc(-c2ccccc2)cc1)[C@@H]1CCc2cc(C#N)ccc2C1. The number of nitriles is 1. The first-order chi connectivity index (χ1) is 17.2. The van der Waals surface area contributed by atoms with Crippen LogP contribution in [0, 0.1) is 11.3 Å². The van der Waals surface area contributed by atoms with E-state index in [4.69, 9.17) is 5.26 Å². The molecule has 0 saturated heterocycles. The van der Waals surface area contributed by atoms with Gasteiger partial charge in [-0.05, 0) is 98.1 Å². The minimum absolute atomic E-state index is 0.00403. The van der Waals surface area contributed by atoms with E-state index in [1.807, 2.05) is 48.5 Å². The zero-order chi connectivity index (χ0) is 24.5. The molecule has 0 radical (unpaired) electrons. The van der Waals surface area contributed by atoms with Gasteiger partial charge in [0.05, 0.1) is 11.6 Å². The van der Waals surface area contributed by atoms with Crippen molar-refractivity contribution >= 4 is 5.91 Å². The van der Waals surface area contributed by atoms with Gasteiger partial charge in [-0.25, -0.2) is 0 Å². The summed E-state index contributed by atoms with van der Waals surface area (Å²) < 4.78 is 0. The molecule has 0 aliphatic heterocycles. The minimum atomic E-state index is -0.00403. The third kappa shape index (κ3) is 6.59. The summed E-state index contributed by atoms with van der Waals surface area (Å²) in [6.45, 7) is 5.11. The topological polar surface area (TPSA) is 56.1 Å². The lowest BCUT2D eigenvalue weighted by Gasteiger charge is -2.35. The molecule has 3 aromatic carbocycles. The summed E-state index contributed by atoms with van der Waals surface area (Å²) in [4.78, 5) is 15.2. The first kappa shape index (κ1) is 24.7. The van der Waals surface area contributed by atoms with Crippen molar-refractivity contribution in [3.63, 3.8) is 0 Å². The molecule has 1 amide bonds. The number of benzene rings is 3. The maximum Gasteiger partial charge on any atom is 0.251 e. The normalized spacial score (nSPS) is 14.8. The fourth-order valence-electron chi connectivity index (χ4n) is 5.07. The van der Waals surface area contributed by atoms with Gasteiger partial charge in [-0.1, -0.05) is 55.5 Å². The molecule has 1 aliphatic carbocycles. The predicted octanol–water partition coefficient (Wildman–Crippen LogP) is 6.00. The number of fused-ring (bicyclic) bond motifs is 1. The van der Waals surface area contributed by atoms with E-state index in [1.165, 1.54) is 11.1 Å². The Morgan fingerprint density at radius 3 is 2.49 bits per heavy atom. The van der Waals surface area contributed by atoms with Gasteiger partial charge in [-0.2, -0.15) is 5.26 Å². The number of carbonyl (C=O) groups excluding carboxylic acids is 1. The Hall–Kier alpha value is -3.42. The van der Waals surface area contributed by atoms with Crippen molar-refractivity contribution in [1.29, 1.82) is 5.26 Å². The number of hydrogen-bond acceptors (Lipinski definition) is 3. The molecular weight excluding hydrogens is 430 g/mol. The molecule has 1 atom stereocenters. The van der Waals surface area contributed by atoms with E-state index in [2.05, 4.69) is 47.5 Å². The first-order valence-corrected chi connectivity index (χ1v) is 12.9. The molecule has 0 fully saturated rings. The summed E-state index contributed by atoms with van der Waals surface area (Å²) in [6, 6.07) is 27.0. The Morgan fingerprint density at radius 2 is 1.74 bits per heavy atom. The quantitative estimate of drug-likeness (QED) is 0.373. The molecule has 0 heterocycles. The molecule has 0 saturated carbocycles. The first-order valence-electron chi connectivity index (χ1n) is 12.9. The Kier molecular flexibility index (Phi) is 8.70. The van der Waals surface area contributed by atoms with E-state index < -0.39 is 0 Å². The molecule has 180 valence electrons. The average molecular weight is 466 g/mol. The largest absolute Gasteiger partial charge is 0.352 e. The van der Waals surface area contributed by atoms with Crippen molar-refractivity contribution in [2.24, 2.45) is 0 Å². The van der Waals surface area contributed by atoms with Gasteiger partial charge in [-0.3, -0.25) is 4.79 Å². The number of amides is 1. The Balaban J connectivity index is 1.22. The summed E-state index contributed by atoms with van der Waals surface area (Å²) in [5, 5.41) is 12.2. The van der Waals surface area contributed by atoms with E-state index in [9.17, 15) is 4.79 Å². The van der Waals surface area contributed by atoms with Crippen LogP contribution in [0.25, 0.3) is 11.1 Å². The van der Waals surface area contributed by atoms with Crippen LogP contribution in [0.15, 0.2) is 72.8 Å². The maximum absolute atomic E-state index is 12.6. The van der Waals surface area contributed by atoms with Crippen molar-refractivity contribution in [3.8, 4) is 17.2 Å². The van der Waals surface area contributed by atoms with Crippen LogP contribution in [0.3, 0.4) is 0 Å². The number of unbranched alkanes of at least 4 members (excludes halogenated alkanes) is 1. The van der Waals surface area contributed by atoms with Crippen molar-refractivity contribution in [3.05, 3.63) is 95.1 Å². The van der Waals surface area contributed by atoms with Gasteiger partial charge < -0.3 is 10.2 Å². The predicted molar refractivity (Wildman–Crippen MR) is 142 cm³/mol. The number of carbonyl (C=O) groups is 1. The second-order valence-corrected chi connectivity index (χ2v) is 9.43. The van der Waals surface area contributed by atoms with Crippen LogP contribution in [0.2, 0.25) is 0 Å². The van der Waals surface area contributed by atoms with Crippen molar-refractivity contribution in [2.45, 2.75) is 51.5 Å². The molecule has 1 N–H and O–H groups in total. The van der Waals surface area contributed by atoms with Gasteiger partial charge in [0.15, 0.2) is 0 Å². The number of nitrogens with zero attached hydrogens (tertiary/aromatic N) is 2. The highest BCUT2D eigenvalue weighted by molar-refractivity contribution is 5.94. The van der Waals surface area contributed by atoms with E-state index in [1.54, 1.807) is 0 Å². The van der Waals surface area contributed by atoms with Crippen molar-refractivity contribution in [2.75, 3.05) is 19.6 Å². The van der Waals surface area contributed by atoms with Crippen LogP contribution in [0.5, 0.6) is 0 Å². The summed E-state index contributed by atoms with van der Waals surface area (Å²) in [6.07, 6.45) is 6.46. The lowest BCUT2D eigenvalue weighted by molar-refractivity contribution is 0.0952. The highest BCUT2D eigenvalue weighted by Gasteiger charge is 2.23. The number of rotatable bonds is 10. The van der Waals surface area contributed by atoms with E-state index >= 15 is 0 Å². The Bertz CT molecular complexity index is 1150. The fourth-order valence-corrected chi connectivity index (χ4v) is 5.07. The molecule has 35 heavy (non-hydrogen) atoms. The monoisotopic (exact) mass is 465 g/mol. The van der Waals surface area contributed by atoms with Crippen molar-refractivity contribution in [1.82, 2.24) is 10.2 Å². The van der Waals surface area contributed by atoms with Crippen LogP contribution < -0.4 is 5.32 Å². The zero-order valence-corrected chi connectivity index (χ0v) is 20.7. The van der Waals surface area contributed by atoms with Gasteiger partial charge in [0.25, 0.3) is 5.91 Å². The van der Waals surface area contributed by atoms with Crippen molar-refractivity contribution < 1.29 is 4.79 Å². The van der Waals surface area contributed by atoms with Gasteiger partial charge in [-0.15, -0.1) is 0 Å². The summed E-state index contributed by atoms with van der Waals surface area (Å²) in [5.74, 6) is -0.00403. The minimum Gasteiger partial charge on any atom is -0.352 e. The lowest BCUT2D eigenvalue weighted by atomic mass is 9.86. The number of nitrogens with one attached hydrogen (secondary N) is 1. The summed E-state index contributed by atoms with van der Waals surface area (Å²) in [7, 11) is 0. The molecule has 0 spiro atoms. The zero-order valence-electron chi connectivity index (χ0n) is 20.7. The Morgan fingerprint density at radius 1 is 0.971 bits per heavy atom. The third-order valence-electron chi connectivity index (χ3n) is 6.98. The van der Waals surface area contributed by atoms with Gasteiger partial charge >= 0.3 is 0 Å². The fraction of sp³-hybridized carbons (Fsp3) is 0.355. The van der Waals surface area contributed by atoms with E-state index in [0.29, 0.717) is 18.2 Å². The number of aryl methyl sites for hydroxylation is 1. The molecule has 0 aromatic heterocycles. The molecular formula is C31H35N3O. The van der Waals surface area contributed by atoms with Crippen LogP contribution in [0.4, 0.5) is 0 Å². The molecule has 3 aromatic rings. The standard InChI is InChI=1S/C31H35N3O/c1-2-19-34(30-17-16-28-21-24(23-32)10-11-29(28)22-30)20-7-6-18-33-31(35)27-14-12-26(13-15-27)25-8-4-3-5-9-25/h3-5,8-15,21,30H,2,6-7,16-20,22H2,1H3,(H,33,35)/t30-/m1/s1. The second-order valence-electron chi connectivity index (χ2n) is 9.43. The van der Waals surface area contributed by atoms with E-state index in [0.717, 1.165) is 68.3 Å². The summed E-state index contributed by atoms with van der Waals surface area (Å²) >= 11 is 0. The van der Waals surface area contributed by atoms with Crippen LogP contribution in [-0.4, -0.2) is 36.5 Å². The van der Waals surface area contributed by atoms with Gasteiger partial charge in [0.2, 0.25) is 0 Å². The average Bonchev–Trinajstić information content (AvgIpc) is 2.92.